The fraction of sp³-hybridized carbons (Fsp3) is 0.833. The molecular weight excluding hydrogens is 232 g/mol. The molecular formula is C12H22N4S. The van der Waals surface area contributed by atoms with Crippen molar-refractivity contribution in [3.05, 3.63) is 5.82 Å². The van der Waals surface area contributed by atoms with Crippen LogP contribution < -0.4 is 10.6 Å². The first kappa shape index (κ1) is 12.8. The molecule has 0 aromatic carbocycles. The van der Waals surface area contributed by atoms with Crippen molar-refractivity contribution in [3.63, 3.8) is 0 Å². The molecule has 1 heterocycles. The van der Waals surface area contributed by atoms with Crippen molar-refractivity contribution in [1.29, 1.82) is 0 Å². The van der Waals surface area contributed by atoms with Gasteiger partial charge in [0.25, 0.3) is 0 Å². The molecule has 1 saturated carbocycles. The van der Waals surface area contributed by atoms with Crippen molar-refractivity contribution in [2.75, 3.05) is 24.5 Å². The smallest absolute Gasteiger partial charge is 0.205 e. The first-order valence-corrected chi connectivity index (χ1v) is 7.26. The van der Waals surface area contributed by atoms with E-state index in [0.29, 0.717) is 11.8 Å². The van der Waals surface area contributed by atoms with E-state index in [9.17, 15) is 0 Å². The molecule has 0 spiro atoms. The van der Waals surface area contributed by atoms with Crippen LogP contribution in [-0.2, 0) is 0 Å². The summed E-state index contributed by atoms with van der Waals surface area (Å²) in [6, 6.07) is 0. The third-order valence-electron chi connectivity index (χ3n) is 2.86. The maximum absolute atomic E-state index is 5.59. The second-order valence-electron chi connectivity index (χ2n) is 5.19. The highest BCUT2D eigenvalue weighted by atomic mass is 32.1. The van der Waals surface area contributed by atoms with Gasteiger partial charge in [0.15, 0.2) is 0 Å². The van der Waals surface area contributed by atoms with Crippen LogP contribution in [0.5, 0.6) is 0 Å². The van der Waals surface area contributed by atoms with Crippen molar-refractivity contribution < 1.29 is 0 Å². The van der Waals surface area contributed by atoms with E-state index in [1.54, 1.807) is 11.5 Å². The van der Waals surface area contributed by atoms with Gasteiger partial charge in [-0.25, -0.2) is 4.98 Å². The summed E-state index contributed by atoms with van der Waals surface area (Å²) in [5.74, 6) is 2.35. The molecule has 1 aromatic heterocycles. The van der Waals surface area contributed by atoms with Crippen LogP contribution in [0.2, 0.25) is 0 Å². The molecule has 2 rings (SSSR count). The molecule has 0 saturated heterocycles. The highest BCUT2D eigenvalue weighted by molar-refractivity contribution is 7.09. The highest BCUT2D eigenvalue weighted by Crippen LogP contribution is 2.39. The lowest BCUT2D eigenvalue weighted by Crippen LogP contribution is -2.29. The minimum atomic E-state index is 0.640. The molecule has 1 aliphatic carbocycles. The number of rotatable bonds is 7. The number of hydrogen-bond acceptors (Lipinski definition) is 5. The van der Waals surface area contributed by atoms with E-state index < -0.39 is 0 Å². The Morgan fingerprint density at radius 3 is 2.82 bits per heavy atom. The standard InChI is InChI=1S/C12H22N4S/c1-9(2)8-16(7-3-6-13)12-14-11(15-17-12)10-4-5-10/h9-10H,3-8,13H2,1-2H3. The third-order valence-corrected chi connectivity index (χ3v) is 3.65. The fourth-order valence-corrected chi connectivity index (χ4v) is 2.63. The first-order chi connectivity index (χ1) is 8.20. The van der Waals surface area contributed by atoms with E-state index in [-0.39, 0.29) is 0 Å². The van der Waals surface area contributed by atoms with Crippen LogP contribution in [0.4, 0.5) is 5.13 Å². The summed E-state index contributed by atoms with van der Waals surface area (Å²) >= 11 is 1.54. The molecule has 0 atom stereocenters. The average molecular weight is 254 g/mol. The van der Waals surface area contributed by atoms with E-state index in [2.05, 4.69) is 28.1 Å². The Kier molecular flexibility index (Phi) is 4.34. The van der Waals surface area contributed by atoms with Gasteiger partial charge in [0.2, 0.25) is 5.13 Å². The molecule has 1 aromatic rings. The Morgan fingerprint density at radius 1 is 1.47 bits per heavy atom. The zero-order valence-electron chi connectivity index (χ0n) is 10.7. The lowest BCUT2D eigenvalue weighted by atomic mass is 10.2. The van der Waals surface area contributed by atoms with Gasteiger partial charge in [0.05, 0.1) is 0 Å². The van der Waals surface area contributed by atoms with Gasteiger partial charge in [0, 0.05) is 30.5 Å². The minimum Gasteiger partial charge on any atom is -0.347 e. The number of nitrogens with zero attached hydrogens (tertiary/aromatic N) is 3. The molecule has 17 heavy (non-hydrogen) atoms. The van der Waals surface area contributed by atoms with E-state index in [1.807, 2.05) is 0 Å². The SMILES string of the molecule is CC(C)CN(CCCN)c1nc(C2CC2)ns1. The van der Waals surface area contributed by atoms with E-state index >= 15 is 0 Å². The predicted octanol–water partition coefficient (Wildman–Crippen LogP) is 2.23. The molecule has 5 heteroatoms. The van der Waals surface area contributed by atoms with Crippen molar-refractivity contribution in [3.8, 4) is 0 Å². The van der Waals surface area contributed by atoms with Crippen LogP contribution in [0.25, 0.3) is 0 Å². The summed E-state index contributed by atoms with van der Waals surface area (Å²) in [6.45, 7) is 7.24. The second kappa shape index (κ2) is 5.78. The van der Waals surface area contributed by atoms with Crippen LogP contribution in [0, 0.1) is 5.92 Å². The molecule has 0 amide bonds. The normalized spacial score (nSPS) is 15.5. The topological polar surface area (TPSA) is 55.0 Å². The number of hydrogen-bond donors (Lipinski definition) is 1. The molecule has 0 bridgehead atoms. The molecule has 96 valence electrons. The van der Waals surface area contributed by atoms with Crippen molar-refractivity contribution >= 4 is 16.7 Å². The Morgan fingerprint density at radius 2 is 2.24 bits per heavy atom. The molecule has 2 N–H and O–H groups in total. The Bertz CT molecular complexity index is 346. The fourth-order valence-electron chi connectivity index (χ4n) is 1.85. The lowest BCUT2D eigenvalue weighted by molar-refractivity contribution is 0.599. The van der Waals surface area contributed by atoms with Crippen LogP contribution in [0.1, 0.15) is 44.9 Å². The van der Waals surface area contributed by atoms with E-state index in [0.717, 1.165) is 37.0 Å². The summed E-state index contributed by atoms with van der Waals surface area (Å²) in [5.41, 5.74) is 5.59. The number of nitrogens with two attached hydrogens (primary N) is 1. The van der Waals surface area contributed by atoms with Gasteiger partial charge >= 0.3 is 0 Å². The second-order valence-corrected chi connectivity index (χ2v) is 5.92. The summed E-state index contributed by atoms with van der Waals surface area (Å²) in [7, 11) is 0. The quantitative estimate of drug-likeness (QED) is 0.810. The minimum absolute atomic E-state index is 0.640. The number of anilines is 1. The maximum Gasteiger partial charge on any atom is 0.205 e. The van der Waals surface area contributed by atoms with Gasteiger partial charge in [-0.05, 0) is 31.7 Å². The molecule has 0 radical (unpaired) electrons. The van der Waals surface area contributed by atoms with Crippen LogP contribution >= 0.6 is 11.5 Å². The molecule has 1 aliphatic rings. The Balaban J connectivity index is 2.00. The van der Waals surface area contributed by atoms with Gasteiger partial charge < -0.3 is 10.6 Å². The third kappa shape index (κ3) is 3.64. The van der Waals surface area contributed by atoms with E-state index in [1.165, 1.54) is 12.8 Å². The zero-order chi connectivity index (χ0) is 12.3. The molecule has 0 aliphatic heterocycles. The maximum atomic E-state index is 5.59. The van der Waals surface area contributed by atoms with Crippen LogP contribution in [0.3, 0.4) is 0 Å². The molecule has 4 nitrogen and oxygen atoms in total. The Hall–Kier alpha value is -0.680. The van der Waals surface area contributed by atoms with Gasteiger partial charge in [-0.2, -0.15) is 4.37 Å². The van der Waals surface area contributed by atoms with Crippen LogP contribution in [0.15, 0.2) is 0 Å². The van der Waals surface area contributed by atoms with Crippen LogP contribution in [-0.4, -0.2) is 29.0 Å². The van der Waals surface area contributed by atoms with Gasteiger partial charge in [0.1, 0.15) is 5.82 Å². The van der Waals surface area contributed by atoms with Crippen molar-refractivity contribution in [2.24, 2.45) is 11.7 Å². The largest absolute Gasteiger partial charge is 0.347 e. The predicted molar refractivity (Wildman–Crippen MR) is 72.6 cm³/mol. The highest BCUT2D eigenvalue weighted by Gasteiger charge is 2.28. The Labute approximate surface area is 107 Å². The number of aromatic nitrogens is 2. The summed E-state index contributed by atoms with van der Waals surface area (Å²) < 4.78 is 4.47. The lowest BCUT2D eigenvalue weighted by Gasteiger charge is -2.23. The van der Waals surface area contributed by atoms with Gasteiger partial charge in [-0.3, -0.25) is 0 Å². The van der Waals surface area contributed by atoms with E-state index in [4.69, 9.17) is 5.73 Å². The van der Waals surface area contributed by atoms with Gasteiger partial charge in [-0.1, -0.05) is 13.8 Å². The summed E-state index contributed by atoms with van der Waals surface area (Å²) in [6.07, 6.45) is 3.55. The average Bonchev–Trinajstić information content (AvgIpc) is 3.02. The summed E-state index contributed by atoms with van der Waals surface area (Å²) in [4.78, 5) is 7.01. The van der Waals surface area contributed by atoms with Crippen molar-refractivity contribution in [2.45, 2.75) is 39.0 Å². The molecule has 0 unspecified atom stereocenters. The summed E-state index contributed by atoms with van der Waals surface area (Å²) in [5, 5.41) is 1.08. The van der Waals surface area contributed by atoms with Gasteiger partial charge in [-0.15, -0.1) is 0 Å². The zero-order valence-corrected chi connectivity index (χ0v) is 11.5. The molecule has 1 fully saturated rings. The monoisotopic (exact) mass is 254 g/mol. The first-order valence-electron chi connectivity index (χ1n) is 6.49. The van der Waals surface area contributed by atoms with Crippen molar-refractivity contribution in [1.82, 2.24) is 9.36 Å².